The highest BCUT2D eigenvalue weighted by molar-refractivity contribution is 8.18. The first kappa shape index (κ1) is 22.6. The summed E-state index contributed by atoms with van der Waals surface area (Å²) in [6.07, 6.45) is 2.68. The number of fused-ring (bicyclic) bond motifs is 1. The number of carbonyl (C=O) groups excluding carboxylic acids is 1. The molecule has 4 nitrogen and oxygen atoms in total. The Labute approximate surface area is 194 Å². The second-order valence-corrected chi connectivity index (χ2v) is 9.99. The molecule has 0 saturated carbocycles. The van der Waals surface area contributed by atoms with Gasteiger partial charge in [-0.15, -0.1) is 0 Å². The number of anilines is 1. The molecule has 1 amide bonds. The van der Waals surface area contributed by atoms with E-state index in [1.165, 1.54) is 11.8 Å². The first-order valence-electron chi connectivity index (χ1n) is 11.2. The van der Waals surface area contributed by atoms with Gasteiger partial charge in [0.15, 0.2) is 5.17 Å². The zero-order chi connectivity index (χ0) is 23.0. The number of amides is 1. The van der Waals surface area contributed by atoms with E-state index in [4.69, 9.17) is 0 Å². The van der Waals surface area contributed by atoms with Gasteiger partial charge in [-0.1, -0.05) is 25.1 Å². The van der Waals surface area contributed by atoms with Crippen LogP contribution in [0.5, 0.6) is 0 Å². The molecule has 0 bridgehead atoms. The van der Waals surface area contributed by atoms with Crippen molar-refractivity contribution >= 4 is 40.3 Å². The lowest BCUT2D eigenvalue weighted by Crippen LogP contribution is -2.48. The molecule has 2 aromatic carbocycles. The number of amidine groups is 1. The van der Waals surface area contributed by atoms with Crippen LogP contribution >= 0.6 is 11.8 Å². The molecule has 2 aromatic rings. The summed E-state index contributed by atoms with van der Waals surface area (Å²) in [5.74, 6) is -0.118. The van der Waals surface area contributed by atoms with E-state index in [0.717, 1.165) is 29.9 Å². The van der Waals surface area contributed by atoms with Gasteiger partial charge in [0.2, 0.25) is 0 Å². The number of hydrogen-bond donors (Lipinski definition) is 0. The zero-order valence-electron chi connectivity index (χ0n) is 19.4. The quantitative estimate of drug-likeness (QED) is 0.494. The van der Waals surface area contributed by atoms with Crippen molar-refractivity contribution in [2.75, 3.05) is 18.0 Å². The summed E-state index contributed by atoms with van der Waals surface area (Å²) in [4.78, 5) is 22.1. The molecule has 1 fully saturated rings. The van der Waals surface area contributed by atoms with Crippen LogP contribution in [0.4, 0.5) is 15.8 Å². The average Bonchev–Trinajstić information content (AvgIpc) is 3.03. The fraction of sp³-hybridized carbons (Fsp3) is 0.385. The lowest BCUT2D eigenvalue weighted by Gasteiger charge is -2.47. The number of para-hydroxylation sites is 1. The summed E-state index contributed by atoms with van der Waals surface area (Å²) in [5, 5.41) is 0.626. The third-order valence-electron chi connectivity index (χ3n) is 6.29. The second kappa shape index (κ2) is 8.74. The molecular formula is C26H30FN3OS. The van der Waals surface area contributed by atoms with Crippen molar-refractivity contribution in [3.63, 3.8) is 0 Å². The average molecular weight is 452 g/mol. The maximum atomic E-state index is 15.2. The van der Waals surface area contributed by atoms with Crippen molar-refractivity contribution in [1.29, 1.82) is 0 Å². The summed E-state index contributed by atoms with van der Waals surface area (Å²) < 4.78 is 15.2. The highest BCUT2D eigenvalue weighted by Gasteiger charge is 2.37. The Balaban J connectivity index is 1.72. The maximum Gasteiger partial charge on any atom is 0.266 e. The van der Waals surface area contributed by atoms with Crippen LogP contribution in [0.15, 0.2) is 52.4 Å². The minimum atomic E-state index is -0.301. The second-order valence-electron chi connectivity index (χ2n) is 8.98. The van der Waals surface area contributed by atoms with Gasteiger partial charge in [-0.25, -0.2) is 9.38 Å². The van der Waals surface area contributed by atoms with Crippen LogP contribution in [0.2, 0.25) is 0 Å². The molecule has 1 unspecified atom stereocenters. The maximum absolute atomic E-state index is 15.2. The Morgan fingerprint density at radius 2 is 1.91 bits per heavy atom. The van der Waals surface area contributed by atoms with Crippen LogP contribution in [-0.2, 0) is 4.79 Å². The van der Waals surface area contributed by atoms with E-state index in [-0.39, 0.29) is 17.3 Å². The van der Waals surface area contributed by atoms with E-state index in [1.54, 1.807) is 17.0 Å². The summed E-state index contributed by atoms with van der Waals surface area (Å²) in [5.41, 5.74) is 3.33. The highest BCUT2D eigenvalue weighted by atomic mass is 32.2. The third-order valence-corrected chi connectivity index (χ3v) is 7.30. The number of aliphatic imine (C=N–C) groups is 1. The van der Waals surface area contributed by atoms with Crippen molar-refractivity contribution in [1.82, 2.24) is 4.90 Å². The number of benzene rings is 2. The summed E-state index contributed by atoms with van der Waals surface area (Å²) >= 11 is 1.30. The molecule has 2 aliphatic rings. The molecule has 168 valence electrons. The topological polar surface area (TPSA) is 35.9 Å². The summed E-state index contributed by atoms with van der Waals surface area (Å²) in [6.45, 7) is 12.0. The number of hydrogen-bond acceptors (Lipinski definition) is 4. The van der Waals surface area contributed by atoms with Gasteiger partial charge in [-0.2, -0.15) is 0 Å². The van der Waals surface area contributed by atoms with Gasteiger partial charge < -0.3 is 4.90 Å². The van der Waals surface area contributed by atoms with Gasteiger partial charge in [-0.05, 0) is 87.7 Å². The Hall–Kier alpha value is -2.60. The lowest BCUT2D eigenvalue weighted by molar-refractivity contribution is -0.122. The molecule has 32 heavy (non-hydrogen) atoms. The smallest absolute Gasteiger partial charge is 0.266 e. The minimum Gasteiger partial charge on any atom is -0.366 e. The number of nitrogens with zero attached hydrogens (tertiary/aromatic N) is 3. The molecule has 4 rings (SSSR count). The monoisotopic (exact) mass is 451 g/mol. The third kappa shape index (κ3) is 4.08. The normalized spacial score (nSPS) is 22.7. The number of carbonyl (C=O) groups is 1. The standard InChI is InChI=1S/C26H30FN3OS/c1-6-29-24(31)23(32-25(29)28-19-11-9-8-10-12-19)14-18-13-20-17(3)16-26(4,5)30(7-2)22(20)15-21(18)27/h8-15,17H,6-7,16H2,1-5H3/b23-14+,28-25?. The van der Waals surface area contributed by atoms with Crippen LogP contribution < -0.4 is 4.90 Å². The predicted octanol–water partition coefficient (Wildman–Crippen LogP) is 6.56. The predicted molar refractivity (Wildman–Crippen MR) is 133 cm³/mol. The number of rotatable bonds is 4. The van der Waals surface area contributed by atoms with Crippen molar-refractivity contribution in [2.45, 2.75) is 52.5 Å². The van der Waals surface area contributed by atoms with Crippen LogP contribution in [0.1, 0.15) is 58.1 Å². The van der Waals surface area contributed by atoms with Crippen molar-refractivity contribution in [3.05, 3.63) is 64.3 Å². The molecule has 0 radical (unpaired) electrons. The lowest BCUT2D eigenvalue weighted by atomic mass is 9.79. The number of thioether (sulfide) groups is 1. The first-order chi connectivity index (χ1) is 15.2. The molecular weight excluding hydrogens is 421 g/mol. The molecule has 1 saturated heterocycles. The van der Waals surface area contributed by atoms with Crippen LogP contribution in [0.3, 0.4) is 0 Å². The molecule has 2 heterocycles. The molecule has 0 aromatic heterocycles. The summed E-state index contributed by atoms with van der Waals surface area (Å²) in [6, 6.07) is 13.1. The van der Waals surface area contributed by atoms with Crippen LogP contribution in [0, 0.1) is 5.82 Å². The molecule has 0 aliphatic carbocycles. The van der Waals surface area contributed by atoms with Gasteiger partial charge in [0.1, 0.15) is 5.82 Å². The fourth-order valence-electron chi connectivity index (χ4n) is 4.85. The summed E-state index contributed by atoms with van der Waals surface area (Å²) in [7, 11) is 0. The Morgan fingerprint density at radius 3 is 2.56 bits per heavy atom. The largest absolute Gasteiger partial charge is 0.366 e. The Kier molecular flexibility index (Phi) is 6.17. The van der Waals surface area contributed by atoms with E-state index in [2.05, 4.69) is 37.6 Å². The zero-order valence-corrected chi connectivity index (χ0v) is 20.2. The molecule has 2 aliphatic heterocycles. The van der Waals surface area contributed by atoms with Gasteiger partial charge in [0.25, 0.3) is 5.91 Å². The van der Waals surface area contributed by atoms with Gasteiger partial charge in [0, 0.05) is 29.9 Å². The molecule has 0 spiro atoms. The molecule has 0 N–H and O–H groups in total. The van der Waals surface area contributed by atoms with Gasteiger partial charge in [0.05, 0.1) is 10.6 Å². The SMILES string of the molecule is CCN1C(=O)/C(=C\c2cc3c(cc2F)N(CC)C(C)(C)CC3C)SC1=Nc1ccccc1. The van der Waals surface area contributed by atoms with E-state index >= 15 is 4.39 Å². The van der Waals surface area contributed by atoms with Gasteiger partial charge >= 0.3 is 0 Å². The number of halogens is 1. The van der Waals surface area contributed by atoms with E-state index < -0.39 is 0 Å². The van der Waals surface area contributed by atoms with Crippen LogP contribution in [0.25, 0.3) is 6.08 Å². The minimum absolute atomic E-state index is 0.0186. The molecule has 1 atom stereocenters. The fourth-order valence-corrected chi connectivity index (χ4v) is 5.91. The van der Waals surface area contributed by atoms with E-state index in [9.17, 15) is 4.79 Å². The number of likely N-dealkylation sites (N-methyl/N-ethyl adjacent to an activating group) is 1. The van der Waals surface area contributed by atoms with E-state index in [0.29, 0.717) is 28.1 Å². The Morgan fingerprint density at radius 1 is 1.19 bits per heavy atom. The Bertz CT molecular complexity index is 1090. The van der Waals surface area contributed by atoms with Crippen molar-refractivity contribution in [3.8, 4) is 0 Å². The van der Waals surface area contributed by atoms with Crippen molar-refractivity contribution < 1.29 is 9.18 Å². The van der Waals surface area contributed by atoms with Crippen LogP contribution in [-0.4, -0.2) is 34.6 Å². The van der Waals surface area contributed by atoms with E-state index in [1.807, 2.05) is 43.3 Å². The first-order valence-corrected chi connectivity index (χ1v) is 12.0. The van der Waals surface area contributed by atoms with Gasteiger partial charge in [-0.3, -0.25) is 9.69 Å². The highest BCUT2D eigenvalue weighted by Crippen LogP contribution is 2.44. The molecule has 6 heteroatoms. The van der Waals surface area contributed by atoms with Crippen molar-refractivity contribution in [2.24, 2.45) is 4.99 Å².